The first-order valence-electron chi connectivity index (χ1n) is 5.75. The van der Waals surface area contributed by atoms with Crippen LogP contribution >= 0.6 is 0 Å². The van der Waals surface area contributed by atoms with Gasteiger partial charge in [-0.05, 0) is 6.42 Å². The van der Waals surface area contributed by atoms with Crippen LogP contribution in [-0.2, 0) is 28.0 Å². The molecule has 1 rings (SSSR count). The van der Waals surface area contributed by atoms with Gasteiger partial charge in [-0.15, -0.1) is 0 Å². The molecule has 0 unspecified atom stereocenters. The zero-order valence-electron chi connectivity index (χ0n) is 11.3. The number of hydrogen-bond donors (Lipinski definition) is 1. The van der Waals surface area contributed by atoms with Gasteiger partial charge in [-0.25, -0.2) is 12.7 Å². The summed E-state index contributed by atoms with van der Waals surface area (Å²) in [7, 11) is -2.31. The zero-order valence-corrected chi connectivity index (χ0v) is 12.1. The van der Waals surface area contributed by atoms with Gasteiger partial charge < -0.3 is 5.11 Å². The summed E-state index contributed by atoms with van der Waals surface area (Å²) in [5.74, 6) is -1.11. The van der Waals surface area contributed by atoms with E-state index in [4.69, 9.17) is 5.11 Å². The second-order valence-corrected chi connectivity index (χ2v) is 6.32. The predicted octanol–water partition coefficient (Wildman–Crippen LogP) is 0.924. The van der Waals surface area contributed by atoms with Crippen molar-refractivity contribution in [1.29, 1.82) is 0 Å². The highest BCUT2D eigenvalue weighted by molar-refractivity contribution is 7.89. The summed E-state index contributed by atoms with van der Waals surface area (Å²) in [6.07, 6.45) is -4.52. The third-order valence-electron chi connectivity index (χ3n) is 2.73. The Morgan fingerprint density at radius 1 is 1.48 bits per heavy atom. The highest BCUT2D eigenvalue weighted by Crippen LogP contribution is 2.34. The molecular formula is C10H14F3N3O4S. The molecule has 1 aromatic heterocycles. The summed E-state index contributed by atoms with van der Waals surface area (Å²) in [6.45, 7) is -0.208. The molecule has 0 aromatic carbocycles. The molecule has 0 radical (unpaired) electrons. The van der Waals surface area contributed by atoms with Crippen molar-refractivity contribution in [3.8, 4) is 0 Å². The van der Waals surface area contributed by atoms with Crippen molar-refractivity contribution >= 4 is 16.0 Å². The molecule has 7 nitrogen and oxygen atoms in total. The molecule has 0 atom stereocenters. The van der Waals surface area contributed by atoms with Crippen molar-refractivity contribution in [3.05, 3.63) is 11.9 Å². The number of carboxylic acid groups (broad SMARTS) is 1. The van der Waals surface area contributed by atoms with E-state index in [9.17, 15) is 26.4 Å². The summed E-state index contributed by atoms with van der Waals surface area (Å²) in [5.41, 5.74) is -1.37. The molecule has 1 N–H and O–H groups in total. The van der Waals surface area contributed by atoms with Crippen LogP contribution < -0.4 is 0 Å². The van der Waals surface area contributed by atoms with Crippen LogP contribution in [0.4, 0.5) is 13.2 Å². The van der Waals surface area contributed by atoms with Crippen molar-refractivity contribution in [3.63, 3.8) is 0 Å². The maximum Gasteiger partial charge on any atom is 0.434 e. The number of carboxylic acids is 1. The summed E-state index contributed by atoms with van der Waals surface area (Å²) in [4.78, 5) is 9.41. The lowest BCUT2D eigenvalue weighted by Gasteiger charge is -2.17. The molecule has 0 saturated heterocycles. The average Bonchev–Trinajstić information content (AvgIpc) is 2.70. The predicted molar refractivity (Wildman–Crippen MR) is 64.9 cm³/mol. The third-order valence-corrected chi connectivity index (χ3v) is 4.58. The van der Waals surface area contributed by atoms with Gasteiger partial charge in [-0.3, -0.25) is 9.48 Å². The molecule has 21 heavy (non-hydrogen) atoms. The van der Waals surface area contributed by atoms with Crippen LogP contribution in [0, 0.1) is 0 Å². The molecule has 0 amide bonds. The van der Waals surface area contributed by atoms with E-state index in [1.54, 1.807) is 0 Å². The number of aliphatic carboxylic acids is 1. The lowest BCUT2D eigenvalue weighted by Crippen LogP contribution is -2.30. The first-order valence-corrected chi connectivity index (χ1v) is 7.19. The zero-order chi connectivity index (χ0) is 16.4. The normalized spacial score (nSPS) is 12.9. The van der Waals surface area contributed by atoms with Gasteiger partial charge in [0.2, 0.25) is 10.0 Å². The van der Waals surface area contributed by atoms with E-state index in [1.165, 1.54) is 0 Å². The Morgan fingerprint density at radius 2 is 2.05 bits per heavy atom. The van der Waals surface area contributed by atoms with Gasteiger partial charge in [-0.2, -0.15) is 18.3 Å². The van der Waals surface area contributed by atoms with Gasteiger partial charge in [0.15, 0.2) is 5.69 Å². The molecule has 120 valence electrons. The lowest BCUT2D eigenvalue weighted by molar-refractivity contribution is -0.146. The van der Waals surface area contributed by atoms with Gasteiger partial charge in [0, 0.05) is 27.1 Å². The Balaban J connectivity index is 3.06. The maximum absolute atomic E-state index is 12.9. The Kier molecular flexibility index (Phi) is 4.99. The number of hydrogen-bond acceptors (Lipinski definition) is 4. The molecule has 0 spiro atoms. The molecular weight excluding hydrogens is 315 g/mol. The first kappa shape index (κ1) is 17.4. The number of rotatable bonds is 6. The van der Waals surface area contributed by atoms with E-state index in [-0.39, 0.29) is 19.4 Å². The quantitative estimate of drug-likeness (QED) is 0.838. The summed E-state index contributed by atoms with van der Waals surface area (Å²) < 4.78 is 64.0. The molecule has 0 aliphatic rings. The van der Waals surface area contributed by atoms with E-state index in [0.717, 1.165) is 14.1 Å². The highest BCUT2D eigenvalue weighted by Gasteiger charge is 2.42. The highest BCUT2D eigenvalue weighted by atomic mass is 32.2. The third kappa shape index (κ3) is 3.94. The van der Waals surface area contributed by atoms with Crippen molar-refractivity contribution < 1.29 is 31.5 Å². The molecule has 11 heteroatoms. The van der Waals surface area contributed by atoms with Crippen molar-refractivity contribution in [1.82, 2.24) is 14.1 Å². The van der Waals surface area contributed by atoms with Gasteiger partial charge in [0.1, 0.15) is 4.90 Å². The summed E-state index contributed by atoms with van der Waals surface area (Å²) in [6, 6.07) is 0. The number of sulfonamides is 1. The number of halogens is 3. The van der Waals surface area contributed by atoms with E-state index in [2.05, 4.69) is 5.10 Å². The number of alkyl halides is 3. The van der Waals surface area contributed by atoms with Crippen LogP contribution in [-0.4, -0.2) is 47.2 Å². The fourth-order valence-electron chi connectivity index (χ4n) is 1.67. The second-order valence-electron chi connectivity index (χ2n) is 4.30. The minimum atomic E-state index is -4.87. The molecule has 1 aromatic rings. The number of carbonyl (C=O) groups is 1. The van der Waals surface area contributed by atoms with Crippen molar-refractivity contribution in [2.24, 2.45) is 7.05 Å². The monoisotopic (exact) mass is 329 g/mol. The Bertz CT molecular complexity index is 624. The Morgan fingerprint density at radius 3 is 2.52 bits per heavy atom. The van der Waals surface area contributed by atoms with Crippen LogP contribution in [0.2, 0.25) is 0 Å². The molecule has 0 saturated carbocycles. The largest absolute Gasteiger partial charge is 0.481 e. The van der Waals surface area contributed by atoms with E-state index < -0.39 is 32.8 Å². The van der Waals surface area contributed by atoms with E-state index >= 15 is 0 Å². The molecule has 0 aliphatic heterocycles. The maximum atomic E-state index is 12.9. The van der Waals surface area contributed by atoms with Crippen LogP contribution in [0.3, 0.4) is 0 Å². The van der Waals surface area contributed by atoms with Gasteiger partial charge in [-0.1, -0.05) is 0 Å². The number of aromatic nitrogens is 2. The number of aryl methyl sites for hydroxylation is 1. The van der Waals surface area contributed by atoms with Crippen molar-refractivity contribution in [2.45, 2.75) is 23.9 Å². The average molecular weight is 329 g/mol. The second kappa shape index (κ2) is 6.02. The Hall–Kier alpha value is -1.62. The fraction of sp³-hybridized carbons (Fsp3) is 0.600. The van der Waals surface area contributed by atoms with Crippen molar-refractivity contribution in [2.75, 3.05) is 13.6 Å². The van der Waals surface area contributed by atoms with E-state index in [1.807, 2.05) is 0 Å². The molecule has 1 heterocycles. The fourth-order valence-corrected chi connectivity index (χ4v) is 3.05. The Labute approximate surface area is 119 Å². The van der Waals surface area contributed by atoms with Gasteiger partial charge in [0.25, 0.3) is 0 Å². The van der Waals surface area contributed by atoms with Crippen LogP contribution in [0.5, 0.6) is 0 Å². The van der Waals surface area contributed by atoms with Crippen LogP contribution in [0.1, 0.15) is 18.5 Å². The van der Waals surface area contributed by atoms with Gasteiger partial charge >= 0.3 is 12.1 Å². The molecule has 0 bridgehead atoms. The topological polar surface area (TPSA) is 92.5 Å². The van der Waals surface area contributed by atoms with E-state index in [0.29, 0.717) is 15.2 Å². The minimum Gasteiger partial charge on any atom is -0.481 e. The smallest absolute Gasteiger partial charge is 0.434 e. The molecule has 0 aliphatic carbocycles. The molecule has 0 fully saturated rings. The number of nitrogens with zero attached hydrogens (tertiary/aromatic N) is 3. The van der Waals surface area contributed by atoms with Gasteiger partial charge in [0.05, 0.1) is 6.20 Å². The SMILES string of the molecule is CN(CCCC(=O)O)S(=O)(=O)c1cnn(C)c1C(F)(F)F. The lowest BCUT2D eigenvalue weighted by atomic mass is 10.3. The summed E-state index contributed by atoms with van der Waals surface area (Å²) >= 11 is 0. The standard InChI is InChI=1S/C10H14F3N3O4S/c1-15(5-3-4-8(17)18)21(19,20)7-6-14-16(2)9(7)10(11,12)13/h6H,3-5H2,1-2H3,(H,17,18). The van der Waals surface area contributed by atoms with Crippen LogP contribution in [0.25, 0.3) is 0 Å². The first-order chi connectivity index (χ1) is 9.48. The summed E-state index contributed by atoms with van der Waals surface area (Å²) in [5, 5.41) is 11.8. The van der Waals surface area contributed by atoms with Crippen LogP contribution in [0.15, 0.2) is 11.1 Å². The minimum absolute atomic E-state index is 0.00727.